The summed E-state index contributed by atoms with van der Waals surface area (Å²) in [6.07, 6.45) is 1.13. The van der Waals surface area contributed by atoms with Crippen LogP contribution in [0.3, 0.4) is 0 Å². The molecule has 19 heavy (non-hydrogen) atoms. The predicted molar refractivity (Wildman–Crippen MR) is 80.9 cm³/mol. The van der Waals surface area contributed by atoms with Gasteiger partial charge in [0.15, 0.2) is 0 Å². The van der Waals surface area contributed by atoms with Gasteiger partial charge in [0.2, 0.25) is 5.13 Å². The van der Waals surface area contributed by atoms with E-state index < -0.39 is 0 Å². The molecule has 0 radical (unpaired) electrons. The van der Waals surface area contributed by atoms with Crippen molar-refractivity contribution in [2.24, 2.45) is 5.73 Å². The monoisotopic (exact) mass is 283 g/mol. The molecule has 6 heteroatoms. The second-order valence-electron chi connectivity index (χ2n) is 5.41. The van der Waals surface area contributed by atoms with Crippen LogP contribution < -0.4 is 10.6 Å². The summed E-state index contributed by atoms with van der Waals surface area (Å²) in [5, 5.41) is 1.07. The Labute approximate surface area is 120 Å². The summed E-state index contributed by atoms with van der Waals surface area (Å²) in [6.45, 7) is 11.5. The van der Waals surface area contributed by atoms with E-state index in [4.69, 9.17) is 5.73 Å². The minimum atomic E-state index is 0.410. The third-order valence-corrected chi connectivity index (χ3v) is 4.58. The molecular weight excluding hydrogens is 258 g/mol. The molecule has 1 unspecified atom stereocenters. The van der Waals surface area contributed by atoms with Crippen LogP contribution in [-0.2, 0) is 0 Å². The van der Waals surface area contributed by atoms with Gasteiger partial charge in [0.05, 0.1) is 0 Å². The minimum Gasteiger partial charge on any atom is -0.344 e. The van der Waals surface area contributed by atoms with Crippen molar-refractivity contribution in [3.63, 3.8) is 0 Å². The highest BCUT2D eigenvalue weighted by Gasteiger charge is 2.23. The average molecular weight is 283 g/mol. The molecule has 0 aromatic carbocycles. The Bertz CT molecular complexity index is 380. The van der Waals surface area contributed by atoms with Gasteiger partial charge in [0.25, 0.3) is 0 Å². The Morgan fingerprint density at radius 1 is 1.26 bits per heavy atom. The number of rotatable bonds is 5. The van der Waals surface area contributed by atoms with Crippen LogP contribution in [0.4, 0.5) is 5.13 Å². The zero-order valence-electron chi connectivity index (χ0n) is 12.2. The van der Waals surface area contributed by atoms with Gasteiger partial charge < -0.3 is 10.6 Å². The van der Waals surface area contributed by atoms with Crippen LogP contribution in [0.25, 0.3) is 0 Å². The number of nitrogens with two attached hydrogens (primary N) is 1. The lowest BCUT2D eigenvalue weighted by molar-refractivity contribution is 0.184. The first-order chi connectivity index (χ1) is 9.15. The Morgan fingerprint density at radius 2 is 1.95 bits per heavy atom. The van der Waals surface area contributed by atoms with Crippen molar-refractivity contribution in [1.82, 2.24) is 14.3 Å². The van der Waals surface area contributed by atoms with E-state index in [0.717, 1.165) is 50.1 Å². The number of nitrogens with zero attached hydrogens (tertiary/aromatic N) is 4. The Morgan fingerprint density at radius 3 is 2.42 bits per heavy atom. The number of hydrogen-bond acceptors (Lipinski definition) is 6. The molecule has 108 valence electrons. The first-order valence-corrected chi connectivity index (χ1v) is 7.95. The van der Waals surface area contributed by atoms with Crippen molar-refractivity contribution in [3.05, 3.63) is 5.82 Å². The largest absolute Gasteiger partial charge is 0.344 e. The van der Waals surface area contributed by atoms with Crippen molar-refractivity contribution in [2.45, 2.75) is 39.2 Å². The summed E-state index contributed by atoms with van der Waals surface area (Å²) in [6, 6.07) is 0.530. The van der Waals surface area contributed by atoms with Gasteiger partial charge in [-0.25, -0.2) is 4.98 Å². The van der Waals surface area contributed by atoms with Crippen LogP contribution in [0.15, 0.2) is 0 Å². The van der Waals surface area contributed by atoms with Crippen LogP contribution in [0.1, 0.15) is 38.9 Å². The van der Waals surface area contributed by atoms with E-state index in [1.54, 1.807) is 0 Å². The summed E-state index contributed by atoms with van der Waals surface area (Å²) < 4.78 is 4.43. The van der Waals surface area contributed by atoms with Crippen molar-refractivity contribution >= 4 is 16.7 Å². The molecule has 0 bridgehead atoms. The van der Waals surface area contributed by atoms with Gasteiger partial charge in [-0.1, -0.05) is 20.8 Å². The lowest BCUT2D eigenvalue weighted by Gasteiger charge is -2.38. The molecule has 1 aromatic rings. The van der Waals surface area contributed by atoms with Gasteiger partial charge in [-0.15, -0.1) is 0 Å². The first kappa shape index (κ1) is 14.7. The molecular formula is C13H25N5S. The topological polar surface area (TPSA) is 58.3 Å². The number of hydrogen-bond donors (Lipinski definition) is 1. The summed E-state index contributed by atoms with van der Waals surface area (Å²) in [7, 11) is 0. The minimum absolute atomic E-state index is 0.410. The molecule has 2 rings (SSSR count). The molecule has 0 spiro atoms. The van der Waals surface area contributed by atoms with E-state index in [0.29, 0.717) is 12.0 Å². The molecule has 0 aliphatic carbocycles. The maximum atomic E-state index is 5.82. The van der Waals surface area contributed by atoms with E-state index in [1.165, 1.54) is 11.5 Å². The molecule has 0 amide bonds. The van der Waals surface area contributed by atoms with Crippen molar-refractivity contribution in [3.8, 4) is 0 Å². The molecule has 1 aliphatic rings. The smallest absolute Gasteiger partial charge is 0.205 e. The van der Waals surface area contributed by atoms with E-state index in [2.05, 4.69) is 39.9 Å². The van der Waals surface area contributed by atoms with Crippen LogP contribution in [0.2, 0.25) is 0 Å². The molecule has 1 saturated heterocycles. The van der Waals surface area contributed by atoms with Gasteiger partial charge in [0, 0.05) is 56.2 Å². The molecule has 0 saturated carbocycles. The molecule has 2 heterocycles. The van der Waals surface area contributed by atoms with E-state index in [1.807, 2.05) is 0 Å². The Kier molecular flexibility index (Phi) is 5.13. The average Bonchev–Trinajstić information content (AvgIpc) is 2.91. The first-order valence-electron chi connectivity index (χ1n) is 7.18. The maximum absolute atomic E-state index is 5.82. The summed E-state index contributed by atoms with van der Waals surface area (Å²) >= 11 is 1.53. The fourth-order valence-electron chi connectivity index (χ4n) is 2.44. The highest BCUT2D eigenvalue weighted by Crippen LogP contribution is 2.22. The van der Waals surface area contributed by atoms with E-state index >= 15 is 0 Å². The fourth-order valence-corrected chi connectivity index (χ4v) is 3.30. The lowest BCUT2D eigenvalue weighted by atomic mass is 10.1. The van der Waals surface area contributed by atoms with Crippen molar-refractivity contribution in [1.29, 1.82) is 0 Å². The van der Waals surface area contributed by atoms with Gasteiger partial charge in [-0.05, 0) is 6.42 Å². The van der Waals surface area contributed by atoms with Crippen LogP contribution in [0, 0.1) is 0 Å². The quantitative estimate of drug-likeness (QED) is 0.888. The van der Waals surface area contributed by atoms with Crippen molar-refractivity contribution in [2.75, 3.05) is 37.6 Å². The summed E-state index contributed by atoms with van der Waals surface area (Å²) in [5.41, 5.74) is 5.82. The molecule has 2 N–H and O–H groups in total. The van der Waals surface area contributed by atoms with Crippen LogP contribution in [0.5, 0.6) is 0 Å². The number of anilines is 1. The van der Waals surface area contributed by atoms with Crippen LogP contribution >= 0.6 is 11.5 Å². The SMILES string of the molecule is CCC(CN)N1CCN(c2nc(C(C)C)ns2)CC1. The molecule has 5 nitrogen and oxygen atoms in total. The summed E-state index contributed by atoms with van der Waals surface area (Å²) in [4.78, 5) is 9.49. The van der Waals surface area contributed by atoms with Gasteiger partial charge in [-0.3, -0.25) is 4.90 Å². The Balaban J connectivity index is 1.92. The Hall–Kier alpha value is -0.720. The highest BCUT2D eigenvalue weighted by atomic mass is 32.1. The molecule has 1 aromatic heterocycles. The second-order valence-corrected chi connectivity index (χ2v) is 6.14. The molecule has 1 atom stereocenters. The van der Waals surface area contributed by atoms with Gasteiger partial charge in [-0.2, -0.15) is 4.37 Å². The van der Waals surface area contributed by atoms with E-state index in [9.17, 15) is 0 Å². The number of piperazine rings is 1. The second kappa shape index (κ2) is 6.63. The summed E-state index contributed by atoms with van der Waals surface area (Å²) in [5.74, 6) is 1.38. The zero-order valence-corrected chi connectivity index (χ0v) is 13.0. The zero-order chi connectivity index (χ0) is 13.8. The molecule has 1 fully saturated rings. The van der Waals surface area contributed by atoms with Gasteiger partial charge in [0.1, 0.15) is 5.82 Å². The molecule has 1 aliphatic heterocycles. The highest BCUT2D eigenvalue weighted by molar-refractivity contribution is 7.09. The fraction of sp³-hybridized carbons (Fsp3) is 0.846. The van der Waals surface area contributed by atoms with Crippen molar-refractivity contribution < 1.29 is 0 Å². The maximum Gasteiger partial charge on any atom is 0.205 e. The normalized spacial score (nSPS) is 19.1. The third-order valence-electron chi connectivity index (χ3n) is 3.79. The van der Waals surface area contributed by atoms with Crippen LogP contribution in [-0.4, -0.2) is 53.0 Å². The third kappa shape index (κ3) is 3.43. The number of aromatic nitrogens is 2. The lowest BCUT2D eigenvalue weighted by Crippen LogP contribution is -2.52. The predicted octanol–water partition coefficient (Wildman–Crippen LogP) is 1.52. The standard InChI is InChI=1S/C13H25N5S/c1-4-11(9-14)17-5-7-18(8-6-17)13-15-12(10(2)3)16-19-13/h10-11H,4-9,14H2,1-3H3. The van der Waals surface area contributed by atoms with Gasteiger partial charge >= 0.3 is 0 Å². The van der Waals surface area contributed by atoms with E-state index in [-0.39, 0.29) is 0 Å².